The van der Waals surface area contributed by atoms with Crippen LogP contribution in [0.3, 0.4) is 0 Å². The first-order chi connectivity index (χ1) is 26.5. The molecule has 4 nitrogen and oxygen atoms in total. The van der Waals surface area contributed by atoms with Gasteiger partial charge in [-0.25, -0.2) is 0 Å². The van der Waals surface area contributed by atoms with Gasteiger partial charge in [0.05, 0.1) is 26.4 Å². The Morgan fingerprint density at radius 3 is 1.41 bits per heavy atom. The average molecular weight is 733 g/mol. The highest BCUT2D eigenvalue weighted by atomic mass is 28.3. The van der Waals surface area contributed by atoms with Crippen LogP contribution in [-0.4, -0.2) is 61.9 Å². The minimum absolute atomic E-state index is 0.249. The van der Waals surface area contributed by atoms with Crippen molar-refractivity contribution in [1.29, 1.82) is 0 Å². The van der Waals surface area contributed by atoms with Gasteiger partial charge in [-0.05, 0) is 86.9 Å². The summed E-state index contributed by atoms with van der Waals surface area (Å²) in [6.45, 7) is 7.96. The molecule has 0 atom stereocenters. The summed E-state index contributed by atoms with van der Waals surface area (Å²) in [5.41, 5.74) is 10.1. The van der Waals surface area contributed by atoms with Crippen LogP contribution in [-0.2, 0) is 24.4 Å². The molecule has 0 saturated heterocycles. The van der Waals surface area contributed by atoms with Crippen LogP contribution >= 0.6 is 0 Å². The van der Waals surface area contributed by atoms with Crippen LogP contribution in [0.1, 0.15) is 35.1 Å². The summed E-state index contributed by atoms with van der Waals surface area (Å²) in [6.07, 6.45) is 1.71. The number of fused-ring (bicyclic) bond motifs is 3. The predicted octanol–water partition coefficient (Wildman–Crippen LogP) is 7.72. The third-order valence-corrected chi connectivity index (χ3v) is 16.1. The summed E-state index contributed by atoms with van der Waals surface area (Å²) < 4.78 is 22.9. The van der Waals surface area contributed by atoms with E-state index in [0.717, 1.165) is 12.8 Å². The highest BCUT2D eigenvalue weighted by molar-refractivity contribution is 7.19. The summed E-state index contributed by atoms with van der Waals surface area (Å²) in [5, 5.41) is 5.51. The summed E-state index contributed by atoms with van der Waals surface area (Å²) in [5.74, 6) is 0. The highest BCUT2D eigenvalue weighted by Crippen LogP contribution is 2.54. The standard InChI is InChI=1S/C49H52O4Si/c1-37-15-21-43(22-16-37)54(41-11-7-5-8-12-41,42-13-9-6-10-14-42)44-23-18-39(19-24-44)40-20-26-46-45-25-17-38(2)35-47(45)49(48(46)36-40,27-29-52-33-31-50-3)28-30-53-34-32-51-4/h5-26,35-36H,27-34H2,1-4H3. The normalized spacial score (nSPS) is 13.1. The Labute approximate surface area is 322 Å². The van der Waals surface area contributed by atoms with E-state index in [9.17, 15) is 0 Å². The topological polar surface area (TPSA) is 36.9 Å². The number of methoxy groups -OCH3 is 2. The zero-order chi connectivity index (χ0) is 37.4. The second-order valence-electron chi connectivity index (χ2n) is 14.5. The zero-order valence-electron chi connectivity index (χ0n) is 32.1. The molecule has 1 aliphatic rings. The highest BCUT2D eigenvalue weighted by Gasteiger charge is 2.44. The largest absolute Gasteiger partial charge is 0.382 e. The van der Waals surface area contributed by atoms with Crippen LogP contribution in [0, 0.1) is 13.8 Å². The van der Waals surface area contributed by atoms with E-state index in [1.54, 1.807) is 14.2 Å². The van der Waals surface area contributed by atoms with Crippen LogP contribution in [0.2, 0.25) is 0 Å². The van der Waals surface area contributed by atoms with Gasteiger partial charge in [-0.1, -0.05) is 151 Å². The molecular formula is C49H52O4Si. The molecule has 0 aromatic heterocycles. The van der Waals surface area contributed by atoms with Gasteiger partial charge in [-0.2, -0.15) is 0 Å². The minimum Gasteiger partial charge on any atom is -0.382 e. The molecule has 0 fully saturated rings. The fraction of sp³-hybridized carbons (Fsp3) is 0.265. The first-order valence-electron chi connectivity index (χ1n) is 19.2. The Morgan fingerprint density at radius 1 is 0.426 bits per heavy atom. The van der Waals surface area contributed by atoms with Crippen molar-refractivity contribution in [3.05, 3.63) is 168 Å². The van der Waals surface area contributed by atoms with Crippen LogP contribution in [0.25, 0.3) is 22.3 Å². The molecule has 0 bridgehead atoms. The number of hydrogen-bond donors (Lipinski definition) is 0. The van der Waals surface area contributed by atoms with E-state index in [1.807, 2.05) is 0 Å². The minimum atomic E-state index is -2.63. The van der Waals surface area contributed by atoms with Crippen molar-refractivity contribution in [2.24, 2.45) is 0 Å². The molecular weight excluding hydrogens is 681 g/mol. The molecule has 0 unspecified atom stereocenters. The molecule has 6 aromatic carbocycles. The lowest BCUT2D eigenvalue weighted by atomic mass is 9.72. The van der Waals surface area contributed by atoms with E-state index in [2.05, 4.69) is 159 Å². The maximum atomic E-state index is 6.16. The molecule has 54 heavy (non-hydrogen) atoms. The van der Waals surface area contributed by atoms with Crippen molar-refractivity contribution in [1.82, 2.24) is 0 Å². The van der Waals surface area contributed by atoms with Crippen molar-refractivity contribution in [3.8, 4) is 22.3 Å². The molecule has 0 heterocycles. The molecule has 276 valence electrons. The molecule has 0 amide bonds. The third-order valence-electron chi connectivity index (χ3n) is 11.3. The van der Waals surface area contributed by atoms with E-state index >= 15 is 0 Å². The number of benzene rings is 6. The van der Waals surface area contributed by atoms with Gasteiger partial charge < -0.3 is 18.9 Å². The summed E-state index contributed by atoms with van der Waals surface area (Å²) >= 11 is 0. The summed E-state index contributed by atoms with van der Waals surface area (Å²) in [6, 6.07) is 55.0. The second kappa shape index (κ2) is 17.2. The molecule has 0 saturated carbocycles. The SMILES string of the molecule is COCCOCCC1(CCOCCOC)c2cc(C)ccc2-c2ccc(-c3ccc([Si](c4ccccc4)(c4ccccc4)c4ccc(C)cc4)cc3)cc21. The summed E-state index contributed by atoms with van der Waals surface area (Å²) in [4.78, 5) is 0. The van der Waals surface area contributed by atoms with Gasteiger partial charge >= 0.3 is 0 Å². The van der Waals surface area contributed by atoms with Gasteiger partial charge in [0.2, 0.25) is 0 Å². The molecule has 0 aliphatic heterocycles. The summed E-state index contributed by atoms with van der Waals surface area (Å²) in [7, 11) is 0.807. The van der Waals surface area contributed by atoms with E-state index < -0.39 is 8.07 Å². The van der Waals surface area contributed by atoms with Gasteiger partial charge in [0.15, 0.2) is 8.07 Å². The van der Waals surface area contributed by atoms with Crippen molar-refractivity contribution in [2.45, 2.75) is 32.1 Å². The Balaban J connectivity index is 1.32. The van der Waals surface area contributed by atoms with Crippen LogP contribution in [0.4, 0.5) is 0 Å². The molecule has 7 rings (SSSR count). The second-order valence-corrected chi connectivity index (χ2v) is 18.3. The number of ether oxygens (including phenoxy) is 4. The Morgan fingerprint density at radius 2 is 0.870 bits per heavy atom. The Kier molecular flexibility index (Phi) is 12.0. The number of aryl methyl sites for hydroxylation is 2. The van der Waals surface area contributed by atoms with Crippen LogP contribution in [0.15, 0.2) is 146 Å². The number of hydrogen-bond acceptors (Lipinski definition) is 4. The van der Waals surface area contributed by atoms with Gasteiger partial charge in [0, 0.05) is 32.8 Å². The van der Waals surface area contributed by atoms with Gasteiger partial charge in [-0.3, -0.25) is 0 Å². The third kappa shape index (κ3) is 7.40. The molecule has 0 spiro atoms. The molecule has 6 aromatic rings. The fourth-order valence-electron chi connectivity index (χ4n) is 8.53. The molecule has 1 aliphatic carbocycles. The maximum absolute atomic E-state index is 6.16. The van der Waals surface area contributed by atoms with E-state index in [-0.39, 0.29) is 5.41 Å². The quantitative estimate of drug-likeness (QED) is 0.0547. The monoisotopic (exact) mass is 732 g/mol. The molecule has 5 heteroatoms. The van der Waals surface area contributed by atoms with E-state index in [1.165, 1.54) is 65.3 Å². The van der Waals surface area contributed by atoms with Gasteiger partial charge in [-0.15, -0.1) is 0 Å². The molecule has 0 N–H and O–H groups in total. The van der Waals surface area contributed by atoms with Crippen molar-refractivity contribution in [2.75, 3.05) is 53.9 Å². The van der Waals surface area contributed by atoms with Crippen LogP contribution < -0.4 is 20.7 Å². The first kappa shape index (κ1) is 37.7. The van der Waals surface area contributed by atoms with E-state index in [4.69, 9.17) is 18.9 Å². The van der Waals surface area contributed by atoms with Crippen molar-refractivity contribution in [3.63, 3.8) is 0 Å². The predicted molar refractivity (Wildman–Crippen MR) is 226 cm³/mol. The van der Waals surface area contributed by atoms with Crippen molar-refractivity contribution >= 4 is 28.8 Å². The Bertz CT molecular complexity index is 2060. The van der Waals surface area contributed by atoms with Crippen LogP contribution in [0.5, 0.6) is 0 Å². The van der Waals surface area contributed by atoms with Gasteiger partial charge in [0.25, 0.3) is 0 Å². The maximum Gasteiger partial charge on any atom is 0.179 e. The number of rotatable bonds is 17. The Hall–Kier alpha value is -4.62. The first-order valence-corrected chi connectivity index (χ1v) is 21.2. The lowest BCUT2D eigenvalue weighted by Crippen LogP contribution is -2.74. The zero-order valence-corrected chi connectivity index (χ0v) is 33.1. The van der Waals surface area contributed by atoms with Gasteiger partial charge in [0.1, 0.15) is 0 Å². The average Bonchev–Trinajstić information content (AvgIpc) is 3.47. The lowest BCUT2D eigenvalue weighted by Gasteiger charge is -2.34. The smallest absolute Gasteiger partial charge is 0.179 e. The molecule has 0 radical (unpaired) electrons. The fourth-order valence-corrected chi connectivity index (χ4v) is 13.2. The van der Waals surface area contributed by atoms with Crippen molar-refractivity contribution < 1.29 is 18.9 Å². The lowest BCUT2D eigenvalue weighted by molar-refractivity contribution is 0.0490. The van der Waals surface area contributed by atoms with E-state index in [0.29, 0.717) is 39.6 Å².